The highest BCUT2D eigenvalue weighted by molar-refractivity contribution is 14.1. The van der Waals surface area contributed by atoms with Crippen molar-refractivity contribution in [2.75, 3.05) is 5.43 Å². The lowest BCUT2D eigenvalue weighted by molar-refractivity contribution is 0.462. The highest BCUT2D eigenvalue weighted by Crippen LogP contribution is 2.21. The standard InChI is InChI=1S/C10H9IN4O/c11-7-2-1-3-8(6-7)16-9-4-5-13-10(14-9)15-12/h1-6H,12H2,(H,13,14,15). The van der Waals surface area contributed by atoms with Crippen molar-refractivity contribution in [3.8, 4) is 11.6 Å². The number of nitrogens with two attached hydrogens (primary N) is 1. The molecule has 2 aromatic rings. The summed E-state index contributed by atoms with van der Waals surface area (Å²) in [6, 6.07) is 9.35. The van der Waals surface area contributed by atoms with Crippen LogP contribution in [0.2, 0.25) is 0 Å². The molecule has 0 aliphatic rings. The first-order valence-electron chi connectivity index (χ1n) is 4.51. The van der Waals surface area contributed by atoms with Crippen molar-refractivity contribution in [1.29, 1.82) is 0 Å². The predicted molar refractivity (Wildman–Crippen MR) is 69.1 cm³/mol. The van der Waals surface area contributed by atoms with E-state index in [2.05, 4.69) is 38.0 Å². The zero-order chi connectivity index (χ0) is 11.4. The summed E-state index contributed by atoms with van der Waals surface area (Å²) in [5, 5.41) is 0. The van der Waals surface area contributed by atoms with E-state index in [-0.39, 0.29) is 0 Å². The van der Waals surface area contributed by atoms with E-state index >= 15 is 0 Å². The van der Waals surface area contributed by atoms with Gasteiger partial charge in [-0.3, -0.25) is 5.43 Å². The summed E-state index contributed by atoms with van der Waals surface area (Å²) in [5.74, 6) is 6.71. The number of anilines is 1. The van der Waals surface area contributed by atoms with Gasteiger partial charge in [0.05, 0.1) is 0 Å². The minimum absolute atomic E-state index is 0.322. The van der Waals surface area contributed by atoms with Crippen molar-refractivity contribution >= 4 is 28.5 Å². The van der Waals surface area contributed by atoms with Gasteiger partial charge in [-0.1, -0.05) is 6.07 Å². The predicted octanol–water partition coefficient (Wildman–Crippen LogP) is 2.16. The van der Waals surface area contributed by atoms with E-state index in [9.17, 15) is 0 Å². The van der Waals surface area contributed by atoms with Crippen LogP contribution in [0.15, 0.2) is 36.5 Å². The number of aromatic nitrogens is 2. The first kappa shape index (κ1) is 11.1. The van der Waals surface area contributed by atoms with Crippen molar-refractivity contribution in [2.24, 2.45) is 5.84 Å². The minimum Gasteiger partial charge on any atom is -0.439 e. The van der Waals surface area contributed by atoms with Crippen LogP contribution in [0.5, 0.6) is 11.6 Å². The Hall–Kier alpha value is -1.41. The van der Waals surface area contributed by atoms with E-state index in [4.69, 9.17) is 10.6 Å². The third kappa shape index (κ3) is 2.80. The van der Waals surface area contributed by atoms with Crippen molar-refractivity contribution in [1.82, 2.24) is 9.97 Å². The highest BCUT2D eigenvalue weighted by atomic mass is 127. The fraction of sp³-hybridized carbons (Fsp3) is 0. The maximum atomic E-state index is 5.55. The Morgan fingerprint density at radius 2 is 2.19 bits per heavy atom. The average molecular weight is 328 g/mol. The van der Waals surface area contributed by atoms with Crippen LogP contribution in [0, 0.1) is 3.57 Å². The van der Waals surface area contributed by atoms with E-state index in [1.165, 1.54) is 0 Å². The van der Waals surface area contributed by atoms with Gasteiger partial charge in [0.15, 0.2) is 0 Å². The van der Waals surface area contributed by atoms with Gasteiger partial charge in [-0.25, -0.2) is 10.8 Å². The maximum absolute atomic E-state index is 5.55. The molecule has 1 aromatic heterocycles. The van der Waals surface area contributed by atoms with Crippen LogP contribution in [-0.4, -0.2) is 9.97 Å². The molecule has 0 atom stereocenters. The van der Waals surface area contributed by atoms with E-state index in [0.717, 1.165) is 9.32 Å². The molecule has 2 rings (SSSR count). The monoisotopic (exact) mass is 328 g/mol. The van der Waals surface area contributed by atoms with Crippen molar-refractivity contribution in [3.63, 3.8) is 0 Å². The molecular formula is C10H9IN4O. The molecule has 6 heteroatoms. The largest absolute Gasteiger partial charge is 0.439 e. The number of ether oxygens (including phenoxy) is 1. The summed E-state index contributed by atoms with van der Waals surface area (Å²) in [6.45, 7) is 0. The summed E-state index contributed by atoms with van der Waals surface area (Å²) in [4.78, 5) is 7.93. The lowest BCUT2D eigenvalue weighted by atomic mass is 10.3. The Morgan fingerprint density at radius 3 is 2.94 bits per heavy atom. The quantitative estimate of drug-likeness (QED) is 0.513. The van der Waals surface area contributed by atoms with Gasteiger partial charge in [0.1, 0.15) is 5.75 Å². The molecule has 82 valence electrons. The number of nitrogen functional groups attached to an aromatic ring is 1. The highest BCUT2D eigenvalue weighted by Gasteiger charge is 2.00. The number of nitrogens with zero attached hydrogens (tertiary/aromatic N) is 2. The molecule has 0 unspecified atom stereocenters. The van der Waals surface area contributed by atoms with Gasteiger partial charge in [0, 0.05) is 15.8 Å². The molecule has 16 heavy (non-hydrogen) atoms. The van der Waals surface area contributed by atoms with E-state index in [1.54, 1.807) is 12.3 Å². The topological polar surface area (TPSA) is 73.1 Å². The van der Waals surface area contributed by atoms with E-state index in [0.29, 0.717) is 11.8 Å². The molecule has 1 aromatic carbocycles. The summed E-state index contributed by atoms with van der Waals surface area (Å²) in [7, 11) is 0. The maximum Gasteiger partial charge on any atom is 0.240 e. The molecule has 0 amide bonds. The zero-order valence-electron chi connectivity index (χ0n) is 8.22. The van der Waals surface area contributed by atoms with Gasteiger partial charge in [0.2, 0.25) is 11.8 Å². The van der Waals surface area contributed by atoms with Gasteiger partial charge < -0.3 is 4.74 Å². The Morgan fingerprint density at radius 1 is 1.31 bits per heavy atom. The smallest absolute Gasteiger partial charge is 0.240 e. The lowest BCUT2D eigenvalue weighted by Gasteiger charge is -2.05. The summed E-state index contributed by atoms with van der Waals surface area (Å²) >= 11 is 2.22. The van der Waals surface area contributed by atoms with Crippen molar-refractivity contribution in [3.05, 3.63) is 40.1 Å². The summed E-state index contributed by atoms with van der Waals surface area (Å²) in [5.41, 5.74) is 2.36. The Bertz CT molecular complexity index is 492. The molecule has 0 radical (unpaired) electrons. The number of hydrogen-bond acceptors (Lipinski definition) is 5. The van der Waals surface area contributed by atoms with Gasteiger partial charge >= 0.3 is 0 Å². The minimum atomic E-state index is 0.322. The van der Waals surface area contributed by atoms with Gasteiger partial charge in [-0.05, 0) is 40.8 Å². The number of benzene rings is 1. The Kier molecular flexibility index (Phi) is 3.52. The molecule has 0 spiro atoms. The summed E-state index contributed by atoms with van der Waals surface area (Å²) in [6.07, 6.45) is 1.57. The molecular weight excluding hydrogens is 319 g/mol. The van der Waals surface area contributed by atoms with Crippen LogP contribution in [-0.2, 0) is 0 Å². The molecule has 0 saturated carbocycles. The first-order valence-corrected chi connectivity index (χ1v) is 5.59. The second-order valence-electron chi connectivity index (χ2n) is 2.92. The number of hydrogen-bond donors (Lipinski definition) is 2. The second-order valence-corrected chi connectivity index (χ2v) is 4.17. The third-order valence-corrected chi connectivity index (χ3v) is 2.45. The van der Waals surface area contributed by atoms with Crippen molar-refractivity contribution < 1.29 is 4.74 Å². The zero-order valence-corrected chi connectivity index (χ0v) is 10.4. The van der Waals surface area contributed by atoms with Gasteiger partial charge in [-0.15, -0.1) is 0 Å². The molecule has 0 aliphatic heterocycles. The molecule has 0 aliphatic carbocycles. The van der Waals surface area contributed by atoms with Crippen LogP contribution < -0.4 is 16.0 Å². The molecule has 0 fully saturated rings. The third-order valence-electron chi connectivity index (χ3n) is 1.78. The number of hydrazine groups is 1. The first-order chi connectivity index (χ1) is 7.78. The second kappa shape index (κ2) is 5.08. The fourth-order valence-corrected chi connectivity index (χ4v) is 1.63. The lowest BCUT2D eigenvalue weighted by Crippen LogP contribution is -2.10. The van der Waals surface area contributed by atoms with Crippen LogP contribution in [0.3, 0.4) is 0 Å². The van der Waals surface area contributed by atoms with Crippen molar-refractivity contribution in [2.45, 2.75) is 0 Å². The van der Waals surface area contributed by atoms with Gasteiger partial charge in [0.25, 0.3) is 0 Å². The van der Waals surface area contributed by atoms with Gasteiger partial charge in [-0.2, -0.15) is 4.98 Å². The van der Waals surface area contributed by atoms with Crippen LogP contribution >= 0.6 is 22.6 Å². The molecule has 0 saturated heterocycles. The molecule has 5 nitrogen and oxygen atoms in total. The fourth-order valence-electron chi connectivity index (χ4n) is 1.12. The number of halogens is 1. The molecule has 3 N–H and O–H groups in total. The van der Waals surface area contributed by atoms with E-state index < -0.39 is 0 Å². The number of rotatable bonds is 3. The summed E-state index contributed by atoms with van der Waals surface area (Å²) < 4.78 is 6.65. The Balaban J connectivity index is 2.20. The normalized spacial score (nSPS) is 9.88. The average Bonchev–Trinajstić information content (AvgIpc) is 2.29. The van der Waals surface area contributed by atoms with E-state index in [1.807, 2.05) is 24.3 Å². The SMILES string of the molecule is NNc1nccc(Oc2cccc(I)c2)n1. The molecule has 0 bridgehead atoms. The number of nitrogens with one attached hydrogen (secondary N) is 1. The Labute approximate surface area is 106 Å². The van der Waals surface area contributed by atoms with Crippen LogP contribution in [0.4, 0.5) is 5.95 Å². The van der Waals surface area contributed by atoms with Crippen LogP contribution in [0.1, 0.15) is 0 Å². The van der Waals surface area contributed by atoms with Crippen LogP contribution in [0.25, 0.3) is 0 Å². The molecule has 1 heterocycles.